The van der Waals surface area contributed by atoms with E-state index in [0.717, 1.165) is 43.1 Å². The molecular formula is C40H58N4O8. The van der Waals surface area contributed by atoms with Gasteiger partial charge in [0.15, 0.2) is 0 Å². The quantitative estimate of drug-likeness (QED) is 0.266. The van der Waals surface area contributed by atoms with Crippen molar-refractivity contribution < 1.29 is 38.6 Å². The van der Waals surface area contributed by atoms with E-state index < -0.39 is 65.2 Å². The van der Waals surface area contributed by atoms with Gasteiger partial charge in [-0.25, -0.2) is 9.59 Å². The van der Waals surface area contributed by atoms with Crippen molar-refractivity contribution >= 4 is 30.3 Å². The van der Waals surface area contributed by atoms with Crippen LogP contribution in [-0.4, -0.2) is 88.7 Å². The summed E-state index contributed by atoms with van der Waals surface area (Å²) < 4.78 is 11.7. The molecule has 1 aliphatic carbocycles. The number of rotatable bonds is 7. The SMILES string of the molecule is CC[C@@H]1C=C[C@]1(NC(=O)[C@@H]1C[C@@H]2CN1C(=O)[C@H](C(C)(C)C)NC(=O)OC[C@H](C)CCCCc1cccc3c1CN(C3)C(=O)O2)C(C=O)(CO)C(C)C. The largest absolute Gasteiger partial charge is 0.449 e. The fraction of sp³-hybridized carbons (Fsp3) is 0.675. The minimum absolute atomic E-state index is 0.0135. The summed E-state index contributed by atoms with van der Waals surface area (Å²) in [6.07, 6.45) is 6.62. The average molecular weight is 723 g/mol. The molecule has 5 rings (SSSR count). The molecule has 3 aliphatic heterocycles. The second-order valence-corrected chi connectivity index (χ2v) is 16.8. The lowest BCUT2D eigenvalue weighted by Crippen LogP contribution is -2.71. The minimum Gasteiger partial charge on any atom is -0.449 e. The average Bonchev–Trinajstić information content (AvgIpc) is 3.72. The maximum Gasteiger partial charge on any atom is 0.410 e. The maximum absolute atomic E-state index is 14.6. The molecule has 1 aromatic carbocycles. The Bertz CT molecular complexity index is 1550. The fourth-order valence-corrected chi connectivity index (χ4v) is 8.51. The summed E-state index contributed by atoms with van der Waals surface area (Å²) in [5.41, 5.74) is 0.120. The van der Waals surface area contributed by atoms with E-state index in [9.17, 15) is 29.1 Å². The lowest BCUT2D eigenvalue weighted by molar-refractivity contribution is -0.145. The predicted octanol–water partition coefficient (Wildman–Crippen LogP) is 4.90. The van der Waals surface area contributed by atoms with Crippen LogP contribution in [0.25, 0.3) is 0 Å². The highest BCUT2D eigenvalue weighted by atomic mass is 16.6. The van der Waals surface area contributed by atoms with Crippen molar-refractivity contribution in [2.45, 2.75) is 124 Å². The van der Waals surface area contributed by atoms with Gasteiger partial charge in [0.05, 0.1) is 30.7 Å². The molecule has 12 nitrogen and oxygen atoms in total. The molecule has 0 spiro atoms. The minimum atomic E-state index is -1.32. The van der Waals surface area contributed by atoms with Crippen LogP contribution in [0.15, 0.2) is 30.4 Å². The number of amides is 4. The first kappa shape index (κ1) is 39.3. The summed E-state index contributed by atoms with van der Waals surface area (Å²) in [7, 11) is 0. The number of hydrogen-bond donors (Lipinski definition) is 3. The summed E-state index contributed by atoms with van der Waals surface area (Å²) in [5, 5.41) is 16.6. The first-order valence-corrected chi connectivity index (χ1v) is 19.0. The van der Waals surface area contributed by atoms with E-state index in [1.807, 2.05) is 66.7 Å². The number of carbonyl (C=O) groups is 5. The molecule has 1 fully saturated rings. The van der Waals surface area contributed by atoms with Gasteiger partial charge in [0.1, 0.15) is 24.5 Å². The van der Waals surface area contributed by atoms with Gasteiger partial charge in [-0.05, 0) is 59.6 Å². The number of hydrogen-bond acceptors (Lipinski definition) is 8. The standard InChI is InChI=1S/C40H58N4O8/c1-8-29-16-17-40(29,39(23-45,24-46)25(2)3)42-34(47)32-18-30-20-44(32)35(48)33(38(5,6)7)41-36(49)51-22-26(4)12-9-10-13-27-14-11-15-28-19-43(21-31(27)28)37(50)52-30/h11,14-17,23,25-26,29-30,32-33,46H,8-10,12-13,18-22,24H2,1-7H3,(H,41,49)(H,42,47)/t26-,29-,30-,32+,33-,39?,40-/m1/s1. The van der Waals surface area contributed by atoms with Gasteiger partial charge < -0.3 is 34.9 Å². The molecule has 0 radical (unpaired) electrons. The van der Waals surface area contributed by atoms with E-state index in [4.69, 9.17) is 9.47 Å². The summed E-state index contributed by atoms with van der Waals surface area (Å²) in [5.74, 6) is -1.50. The number of aliphatic hydroxyl groups is 1. The lowest BCUT2D eigenvalue weighted by atomic mass is 9.54. The van der Waals surface area contributed by atoms with E-state index in [0.29, 0.717) is 19.5 Å². The van der Waals surface area contributed by atoms with Crippen LogP contribution in [0.1, 0.15) is 97.3 Å². The zero-order valence-corrected chi connectivity index (χ0v) is 31.9. The number of aliphatic hydroxyl groups excluding tert-OH is 1. The maximum atomic E-state index is 14.6. The third kappa shape index (κ3) is 7.45. The molecule has 12 heteroatoms. The Morgan fingerprint density at radius 1 is 1.15 bits per heavy atom. The number of nitrogens with zero attached hydrogens (tertiary/aromatic N) is 2. The summed E-state index contributed by atoms with van der Waals surface area (Å²) in [6.45, 7) is 13.6. The van der Waals surface area contributed by atoms with Crippen LogP contribution >= 0.6 is 0 Å². The molecule has 7 atom stereocenters. The highest BCUT2D eigenvalue weighted by molar-refractivity contribution is 5.93. The van der Waals surface area contributed by atoms with E-state index in [-0.39, 0.29) is 37.3 Å². The molecule has 3 heterocycles. The Balaban J connectivity index is 1.48. The highest BCUT2D eigenvalue weighted by Gasteiger charge is 2.60. The van der Waals surface area contributed by atoms with Crippen molar-refractivity contribution in [2.24, 2.45) is 28.6 Å². The zero-order valence-electron chi connectivity index (χ0n) is 31.9. The van der Waals surface area contributed by atoms with E-state index in [1.54, 1.807) is 11.0 Å². The zero-order chi connectivity index (χ0) is 38.0. The normalized spacial score (nSPS) is 29.8. The fourth-order valence-electron chi connectivity index (χ4n) is 8.51. The van der Waals surface area contributed by atoms with Gasteiger partial charge in [-0.1, -0.05) is 85.2 Å². The van der Waals surface area contributed by atoms with Crippen LogP contribution in [0.4, 0.5) is 9.59 Å². The number of cyclic esters (lactones) is 1. The van der Waals surface area contributed by atoms with Crippen LogP contribution in [0.3, 0.4) is 0 Å². The van der Waals surface area contributed by atoms with Gasteiger partial charge in [-0.2, -0.15) is 0 Å². The Morgan fingerprint density at radius 3 is 2.50 bits per heavy atom. The first-order valence-electron chi connectivity index (χ1n) is 19.0. The van der Waals surface area contributed by atoms with Gasteiger partial charge in [0, 0.05) is 25.4 Å². The molecule has 4 amide bonds. The molecule has 0 saturated carbocycles. The summed E-state index contributed by atoms with van der Waals surface area (Å²) >= 11 is 0. The van der Waals surface area contributed by atoms with Gasteiger partial charge in [0.25, 0.3) is 0 Å². The van der Waals surface area contributed by atoms with Crippen LogP contribution in [0.5, 0.6) is 0 Å². The molecule has 4 aliphatic rings. The van der Waals surface area contributed by atoms with Crippen LogP contribution in [-0.2, 0) is 43.4 Å². The van der Waals surface area contributed by atoms with E-state index >= 15 is 0 Å². The van der Waals surface area contributed by atoms with Gasteiger partial charge in [-0.15, -0.1) is 0 Å². The lowest BCUT2D eigenvalue weighted by Gasteiger charge is -2.56. The molecule has 3 N–H and O–H groups in total. The van der Waals surface area contributed by atoms with Crippen molar-refractivity contribution in [3.63, 3.8) is 0 Å². The van der Waals surface area contributed by atoms with Crippen LogP contribution < -0.4 is 10.6 Å². The van der Waals surface area contributed by atoms with Crippen molar-refractivity contribution in [1.29, 1.82) is 0 Å². The first-order chi connectivity index (χ1) is 24.6. The molecule has 0 aromatic heterocycles. The van der Waals surface area contributed by atoms with Crippen molar-refractivity contribution in [1.82, 2.24) is 20.4 Å². The Kier molecular flexibility index (Phi) is 11.8. The van der Waals surface area contributed by atoms with Crippen molar-refractivity contribution in [2.75, 3.05) is 19.8 Å². The number of carbonyl (C=O) groups excluding carboxylic acids is 5. The number of aryl methyl sites for hydroxylation is 1. The van der Waals surface area contributed by atoms with Crippen molar-refractivity contribution in [3.05, 3.63) is 47.0 Å². The third-order valence-corrected chi connectivity index (χ3v) is 11.9. The Hall–Kier alpha value is -3.93. The topological polar surface area (TPSA) is 155 Å². The molecule has 1 aromatic rings. The molecule has 52 heavy (non-hydrogen) atoms. The van der Waals surface area contributed by atoms with Gasteiger partial charge in [0.2, 0.25) is 11.8 Å². The monoisotopic (exact) mass is 722 g/mol. The smallest absolute Gasteiger partial charge is 0.410 e. The predicted molar refractivity (Wildman–Crippen MR) is 195 cm³/mol. The second-order valence-electron chi connectivity index (χ2n) is 16.8. The third-order valence-electron chi connectivity index (χ3n) is 11.9. The molecule has 1 unspecified atom stereocenters. The number of alkyl carbamates (subject to hydrolysis) is 1. The highest BCUT2D eigenvalue weighted by Crippen LogP contribution is 2.49. The van der Waals surface area contributed by atoms with Crippen LogP contribution in [0.2, 0.25) is 0 Å². The van der Waals surface area contributed by atoms with Crippen molar-refractivity contribution in [3.8, 4) is 0 Å². The summed E-state index contributed by atoms with van der Waals surface area (Å²) in [6, 6.07) is 3.99. The van der Waals surface area contributed by atoms with E-state index in [1.165, 1.54) is 10.5 Å². The number of fused-ring (bicyclic) bond motifs is 3. The van der Waals surface area contributed by atoms with Gasteiger partial charge in [-0.3, -0.25) is 14.5 Å². The molecule has 286 valence electrons. The molecular weight excluding hydrogens is 664 g/mol. The molecule has 4 bridgehead atoms. The van der Waals surface area contributed by atoms with Gasteiger partial charge >= 0.3 is 12.2 Å². The number of ether oxygens (including phenoxy) is 2. The van der Waals surface area contributed by atoms with E-state index in [2.05, 4.69) is 16.7 Å². The second kappa shape index (κ2) is 15.6. The Labute approximate surface area is 308 Å². The number of aldehydes is 1. The summed E-state index contributed by atoms with van der Waals surface area (Å²) in [4.78, 5) is 71.8. The Morgan fingerprint density at radius 2 is 1.88 bits per heavy atom. The number of nitrogens with one attached hydrogen (secondary N) is 2. The van der Waals surface area contributed by atoms with Crippen LogP contribution in [0, 0.1) is 28.6 Å². The molecule has 1 saturated heterocycles. The number of benzene rings is 1.